The van der Waals surface area contributed by atoms with E-state index < -0.39 is 0 Å². The number of hydrogen-bond donors (Lipinski definition) is 1. The summed E-state index contributed by atoms with van der Waals surface area (Å²) in [5.74, 6) is 1.07. The van der Waals surface area contributed by atoms with Gasteiger partial charge in [0.1, 0.15) is 0 Å². The first-order valence-corrected chi connectivity index (χ1v) is 7.85. The summed E-state index contributed by atoms with van der Waals surface area (Å²) < 4.78 is 0. The minimum Gasteiger partial charge on any atom is -0.372 e. The fourth-order valence-corrected chi connectivity index (χ4v) is 2.98. The van der Waals surface area contributed by atoms with Gasteiger partial charge in [-0.05, 0) is 49.3 Å². The van der Waals surface area contributed by atoms with Gasteiger partial charge < -0.3 is 10.2 Å². The summed E-state index contributed by atoms with van der Waals surface area (Å²) in [6.45, 7) is 5.14. The molecule has 0 bridgehead atoms. The summed E-state index contributed by atoms with van der Waals surface area (Å²) in [7, 11) is 0. The third kappa shape index (κ3) is 3.14. The Morgan fingerprint density at radius 2 is 1.85 bits per heavy atom. The normalized spacial score (nSPS) is 25.4. The fourth-order valence-electron chi connectivity index (χ4n) is 2.98. The van der Waals surface area contributed by atoms with E-state index in [-0.39, 0.29) is 11.8 Å². The van der Waals surface area contributed by atoms with Crippen LogP contribution in [-0.2, 0) is 11.3 Å². The summed E-state index contributed by atoms with van der Waals surface area (Å²) in [5.41, 5.74) is 2.50. The zero-order chi connectivity index (χ0) is 13.9. The number of hydrogen-bond acceptors (Lipinski definition) is 2. The van der Waals surface area contributed by atoms with Crippen molar-refractivity contribution in [2.45, 2.75) is 39.2 Å². The van der Waals surface area contributed by atoms with Gasteiger partial charge >= 0.3 is 0 Å². The molecule has 2 unspecified atom stereocenters. The lowest BCUT2D eigenvalue weighted by molar-refractivity contribution is -0.122. The van der Waals surface area contributed by atoms with Crippen molar-refractivity contribution in [1.29, 1.82) is 0 Å². The molecule has 1 aliphatic carbocycles. The smallest absolute Gasteiger partial charge is 0.223 e. The highest BCUT2D eigenvalue weighted by Gasteiger charge is 2.38. The molecule has 2 atom stereocenters. The quantitative estimate of drug-likeness (QED) is 0.914. The van der Waals surface area contributed by atoms with Gasteiger partial charge in [0.15, 0.2) is 0 Å². The number of carbonyl (C=O) groups excluding carboxylic acids is 1. The molecule has 1 saturated carbocycles. The fraction of sp³-hybridized carbons (Fsp3) is 0.588. The molecule has 2 aliphatic rings. The maximum absolute atomic E-state index is 11.8. The lowest BCUT2D eigenvalue weighted by Crippen LogP contribution is -2.29. The molecule has 1 heterocycles. The van der Waals surface area contributed by atoms with Crippen molar-refractivity contribution in [1.82, 2.24) is 5.32 Å². The van der Waals surface area contributed by atoms with E-state index in [1.165, 1.54) is 43.6 Å². The minimum atomic E-state index is 0.220. The minimum absolute atomic E-state index is 0.220. The van der Waals surface area contributed by atoms with Gasteiger partial charge in [-0.1, -0.05) is 19.1 Å². The van der Waals surface area contributed by atoms with Crippen LogP contribution in [0.3, 0.4) is 0 Å². The molecule has 108 valence electrons. The van der Waals surface area contributed by atoms with E-state index in [1.807, 2.05) is 0 Å². The maximum atomic E-state index is 11.8. The molecule has 3 heteroatoms. The second kappa shape index (κ2) is 5.86. The van der Waals surface area contributed by atoms with E-state index in [4.69, 9.17) is 0 Å². The summed E-state index contributed by atoms with van der Waals surface area (Å²) in [5, 5.41) is 3.04. The van der Waals surface area contributed by atoms with Gasteiger partial charge in [0.25, 0.3) is 0 Å². The highest BCUT2D eigenvalue weighted by molar-refractivity contribution is 5.81. The Kier molecular flexibility index (Phi) is 3.95. The van der Waals surface area contributed by atoms with Gasteiger partial charge in [0, 0.05) is 31.2 Å². The van der Waals surface area contributed by atoms with Crippen molar-refractivity contribution in [3.63, 3.8) is 0 Å². The molecular formula is C17H24N2O. The molecule has 0 radical (unpaired) electrons. The number of piperidine rings is 1. The van der Waals surface area contributed by atoms with Crippen LogP contribution in [0.15, 0.2) is 24.3 Å². The molecule has 0 spiro atoms. The number of carbonyl (C=O) groups is 1. The molecule has 0 aromatic heterocycles. The first-order valence-electron chi connectivity index (χ1n) is 7.85. The summed E-state index contributed by atoms with van der Waals surface area (Å²) in [6.07, 6.45) is 5.02. The number of amides is 1. The van der Waals surface area contributed by atoms with Gasteiger partial charge in [-0.2, -0.15) is 0 Å². The van der Waals surface area contributed by atoms with Crippen LogP contribution in [0.5, 0.6) is 0 Å². The Balaban J connectivity index is 1.51. The highest BCUT2D eigenvalue weighted by atomic mass is 16.2. The molecule has 3 rings (SSSR count). The number of rotatable bonds is 4. The maximum Gasteiger partial charge on any atom is 0.223 e. The molecule has 1 saturated heterocycles. The van der Waals surface area contributed by atoms with Crippen molar-refractivity contribution in [3.05, 3.63) is 29.8 Å². The molecule has 1 N–H and O–H groups in total. The van der Waals surface area contributed by atoms with Crippen LogP contribution in [0.25, 0.3) is 0 Å². The number of anilines is 1. The monoisotopic (exact) mass is 272 g/mol. The third-order valence-corrected chi connectivity index (χ3v) is 4.57. The number of nitrogens with one attached hydrogen (secondary N) is 1. The van der Waals surface area contributed by atoms with Crippen molar-refractivity contribution in [2.75, 3.05) is 18.0 Å². The van der Waals surface area contributed by atoms with Gasteiger partial charge in [-0.3, -0.25) is 4.79 Å². The van der Waals surface area contributed by atoms with E-state index in [9.17, 15) is 4.79 Å². The van der Waals surface area contributed by atoms with Crippen LogP contribution in [0.4, 0.5) is 5.69 Å². The molecule has 2 fully saturated rings. The summed E-state index contributed by atoms with van der Waals surface area (Å²) >= 11 is 0. The molecule has 1 aromatic rings. The standard InChI is InChI=1S/C17H24N2O/c1-13-11-16(13)17(20)18-12-14-5-7-15(8-6-14)19-9-3-2-4-10-19/h5-8,13,16H,2-4,9-12H2,1H3,(H,18,20). The molecule has 1 amide bonds. The Labute approximate surface area is 121 Å². The Hall–Kier alpha value is -1.51. The highest BCUT2D eigenvalue weighted by Crippen LogP contribution is 2.37. The van der Waals surface area contributed by atoms with E-state index in [1.54, 1.807) is 0 Å². The molecule has 1 aliphatic heterocycles. The molecule has 3 nitrogen and oxygen atoms in total. The van der Waals surface area contributed by atoms with E-state index in [0.717, 1.165) is 6.42 Å². The van der Waals surface area contributed by atoms with Crippen molar-refractivity contribution >= 4 is 11.6 Å². The van der Waals surface area contributed by atoms with E-state index in [0.29, 0.717) is 12.5 Å². The molecule has 1 aromatic carbocycles. The van der Waals surface area contributed by atoms with Crippen LogP contribution < -0.4 is 10.2 Å². The first kappa shape index (κ1) is 13.5. The number of benzene rings is 1. The van der Waals surface area contributed by atoms with Crippen LogP contribution in [0.2, 0.25) is 0 Å². The topological polar surface area (TPSA) is 32.3 Å². The number of nitrogens with zero attached hydrogens (tertiary/aromatic N) is 1. The van der Waals surface area contributed by atoms with Gasteiger partial charge in [-0.15, -0.1) is 0 Å². The Bertz CT molecular complexity index is 462. The predicted octanol–water partition coefficient (Wildman–Crippen LogP) is 2.95. The Morgan fingerprint density at radius 3 is 2.45 bits per heavy atom. The predicted molar refractivity (Wildman–Crippen MR) is 81.6 cm³/mol. The average molecular weight is 272 g/mol. The van der Waals surface area contributed by atoms with Crippen molar-refractivity contribution in [2.24, 2.45) is 11.8 Å². The lowest BCUT2D eigenvalue weighted by Gasteiger charge is -2.28. The van der Waals surface area contributed by atoms with Gasteiger partial charge in [0.05, 0.1) is 0 Å². The largest absolute Gasteiger partial charge is 0.372 e. The zero-order valence-electron chi connectivity index (χ0n) is 12.3. The molecular weight excluding hydrogens is 248 g/mol. The lowest BCUT2D eigenvalue weighted by atomic mass is 10.1. The first-order chi connectivity index (χ1) is 9.74. The second-order valence-corrected chi connectivity index (χ2v) is 6.25. The summed E-state index contributed by atoms with van der Waals surface area (Å²) in [6, 6.07) is 8.65. The summed E-state index contributed by atoms with van der Waals surface area (Å²) in [4.78, 5) is 14.2. The van der Waals surface area contributed by atoms with Crippen molar-refractivity contribution in [3.8, 4) is 0 Å². The van der Waals surface area contributed by atoms with Crippen LogP contribution in [0.1, 0.15) is 38.2 Å². The molecule has 20 heavy (non-hydrogen) atoms. The zero-order valence-corrected chi connectivity index (χ0v) is 12.3. The van der Waals surface area contributed by atoms with Crippen LogP contribution >= 0.6 is 0 Å². The van der Waals surface area contributed by atoms with Crippen molar-refractivity contribution < 1.29 is 4.79 Å². The van der Waals surface area contributed by atoms with Crippen LogP contribution in [0, 0.1) is 11.8 Å². The SMILES string of the molecule is CC1CC1C(=O)NCc1ccc(N2CCCCC2)cc1. The Morgan fingerprint density at radius 1 is 1.20 bits per heavy atom. The van der Waals surface area contributed by atoms with Gasteiger partial charge in [-0.25, -0.2) is 0 Å². The van der Waals surface area contributed by atoms with E-state index in [2.05, 4.69) is 41.4 Å². The van der Waals surface area contributed by atoms with Gasteiger partial charge in [0.2, 0.25) is 5.91 Å². The second-order valence-electron chi connectivity index (χ2n) is 6.25. The van der Waals surface area contributed by atoms with Crippen LogP contribution in [-0.4, -0.2) is 19.0 Å². The third-order valence-electron chi connectivity index (χ3n) is 4.57. The average Bonchev–Trinajstić information content (AvgIpc) is 3.23. The van der Waals surface area contributed by atoms with E-state index >= 15 is 0 Å².